The minimum atomic E-state index is -1.10. The van der Waals surface area contributed by atoms with Gasteiger partial charge in [-0.1, -0.05) is 15.9 Å². The van der Waals surface area contributed by atoms with Gasteiger partial charge >= 0.3 is 5.97 Å². The Bertz CT molecular complexity index is 494. The first-order valence-corrected chi connectivity index (χ1v) is 6.45. The monoisotopic (exact) mass is 329 g/mol. The summed E-state index contributed by atoms with van der Waals surface area (Å²) in [7, 11) is 0. The van der Waals surface area contributed by atoms with Crippen molar-refractivity contribution in [3.63, 3.8) is 0 Å². The van der Waals surface area contributed by atoms with Gasteiger partial charge in [0.1, 0.15) is 6.61 Å². The predicted octanol–water partition coefficient (Wildman–Crippen LogP) is 2.90. The van der Waals surface area contributed by atoms with Crippen LogP contribution in [0.2, 0.25) is 0 Å². The van der Waals surface area contributed by atoms with Crippen molar-refractivity contribution in [2.45, 2.75) is 26.4 Å². The van der Waals surface area contributed by atoms with Crippen LogP contribution in [-0.2, 0) is 9.53 Å². The molecule has 5 nitrogen and oxygen atoms in total. The summed E-state index contributed by atoms with van der Waals surface area (Å²) in [5, 5.41) is 11.6. The highest BCUT2D eigenvalue weighted by molar-refractivity contribution is 9.10. The van der Waals surface area contributed by atoms with E-state index < -0.39 is 11.6 Å². The van der Waals surface area contributed by atoms with Gasteiger partial charge in [-0.3, -0.25) is 4.79 Å². The van der Waals surface area contributed by atoms with E-state index >= 15 is 0 Å². The first-order chi connectivity index (χ1) is 8.69. The molecule has 1 aromatic rings. The fourth-order valence-corrected chi connectivity index (χ4v) is 1.63. The van der Waals surface area contributed by atoms with Crippen molar-refractivity contribution in [3.05, 3.63) is 28.2 Å². The number of rotatable bonds is 4. The minimum Gasteiger partial charge on any atom is -0.478 e. The first-order valence-electron chi connectivity index (χ1n) is 5.66. The Morgan fingerprint density at radius 1 is 1.37 bits per heavy atom. The third kappa shape index (κ3) is 5.40. The molecule has 0 aliphatic rings. The number of nitrogens with one attached hydrogen (secondary N) is 1. The zero-order valence-electron chi connectivity index (χ0n) is 11.0. The topological polar surface area (TPSA) is 75.6 Å². The second kappa shape index (κ2) is 6.16. The largest absolute Gasteiger partial charge is 0.478 e. The summed E-state index contributed by atoms with van der Waals surface area (Å²) in [4.78, 5) is 22.7. The van der Waals surface area contributed by atoms with Gasteiger partial charge in [0.15, 0.2) is 0 Å². The van der Waals surface area contributed by atoms with E-state index in [0.29, 0.717) is 4.47 Å². The Hall–Kier alpha value is -1.40. The van der Waals surface area contributed by atoms with E-state index in [0.717, 1.165) is 0 Å². The van der Waals surface area contributed by atoms with Gasteiger partial charge in [0.2, 0.25) is 5.91 Å². The van der Waals surface area contributed by atoms with E-state index in [1.807, 2.05) is 20.8 Å². The molecule has 0 fully saturated rings. The van der Waals surface area contributed by atoms with E-state index in [4.69, 9.17) is 9.84 Å². The third-order valence-electron chi connectivity index (χ3n) is 2.12. The fraction of sp³-hybridized carbons (Fsp3) is 0.385. The number of ether oxygens (including phenoxy) is 1. The molecule has 0 spiro atoms. The van der Waals surface area contributed by atoms with Gasteiger partial charge in [-0.25, -0.2) is 4.79 Å². The van der Waals surface area contributed by atoms with Crippen LogP contribution in [0.3, 0.4) is 0 Å². The van der Waals surface area contributed by atoms with Gasteiger partial charge in [-0.05, 0) is 39.0 Å². The normalized spacial score (nSPS) is 11.2. The quantitative estimate of drug-likeness (QED) is 0.890. The lowest BCUT2D eigenvalue weighted by Crippen LogP contribution is -2.27. The second-order valence-electron chi connectivity index (χ2n) is 4.94. The minimum absolute atomic E-state index is 0.0264. The molecule has 0 unspecified atom stereocenters. The molecule has 6 heteroatoms. The van der Waals surface area contributed by atoms with Gasteiger partial charge in [0, 0.05) is 4.47 Å². The summed E-state index contributed by atoms with van der Waals surface area (Å²) in [5.74, 6) is -1.49. The molecule has 0 aliphatic carbocycles. The summed E-state index contributed by atoms with van der Waals surface area (Å²) >= 11 is 3.19. The molecular weight excluding hydrogens is 314 g/mol. The van der Waals surface area contributed by atoms with Gasteiger partial charge in [0.05, 0.1) is 16.9 Å². The number of carbonyl (C=O) groups excluding carboxylic acids is 1. The maximum atomic E-state index is 11.7. The van der Waals surface area contributed by atoms with Crippen LogP contribution < -0.4 is 5.32 Å². The van der Waals surface area contributed by atoms with E-state index in [2.05, 4.69) is 21.2 Å². The number of anilines is 1. The van der Waals surface area contributed by atoms with Crippen molar-refractivity contribution in [2.24, 2.45) is 0 Å². The Kier molecular flexibility index (Phi) is 5.08. The van der Waals surface area contributed by atoms with Crippen molar-refractivity contribution in [1.29, 1.82) is 0 Å². The lowest BCUT2D eigenvalue weighted by Gasteiger charge is -2.19. The molecule has 0 saturated heterocycles. The maximum Gasteiger partial charge on any atom is 0.337 e. The molecule has 0 saturated carbocycles. The van der Waals surface area contributed by atoms with Crippen LogP contribution in [0, 0.1) is 0 Å². The second-order valence-corrected chi connectivity index (χ2v) is 5.86. The van der Waals surface area contributed by atoms with Crippen LogP contribution in [-0.4, -0.2) is 29.2 Å². The van der Waals surface area contributed by atoms with E-state index in [9.17, 15) is 9.59 Å². The van der Waals surface area contributed by atoms with Gasteiger partial charge in [-0.2, -0.15) is 0 Å². The molecular formula is C13H16BrNO4. The highest BCUT2D eigenvalue weighted by atomic mass is 79.9. The number of carbonyl (C=O) groups is 2. The van der Waals surface area contributed by atoms with E-state index in [1.54, 1.807) is 6.07 Å². The molecule has 2 N–H and O–H groups in total. The first kappa shape index (κ1) is 15.7. The summed E-state index contributed by atoms with van der Waals surface area (Å²) in [6, 6.07) is 4.62. The lowest BCUT2D eigenvalue weighted by molar-refractivity contribution is -0.125. The average molecular weight is 330 g/mol. The number of aromatic carboxylic acids is 1. The highest BCUT2D eigenvalue weighted by Gasteiger charge is 2.16. The molecule has 19 heavy (non-hydrogen) atoms. The number of carboxylic acid groups (broad SMARTS) is 1. The Labute approximate surface area is 120 Å². The van der Waals surface area contributed by atoms with Crippen LogP contribution in [0.5, 0.6) is 0 Å². The summed E-state index contributed by atoms with van der Waals surface area (Å²) < 4.78 is 5.95. The number of amides is 1. The predicted molar refractivity (Wildman–Crippen MR) is 75.4 cm³/mol. The summed E-state index contributed by atoms with van der Waals surface area (Å²) in [6.07, 6.45) is 0. The average Bonchev–Trinajstić information content (AvgIpc) is 2.28. The van der Waals surface area contributed by atoms with E-state index in [1.165, 1.54) is 12.1 Å². The van der Waals surface area contributed by atoms with Crippen LogP contribution in [0.4, 0.5) is 5.69 Å². The molecule has 0 heterocycles. The SMILES string of the molecule is CC(C)(C)OCC(=O)Nc1ccc(Br)cc1C(=O)O. The molecule has 0 atom stereocenters. The molecule has 0 radical (unpaired) electrons. The summed E-state index contributed by atoms with van der Waals surface area (Å²) in [5.41, 5.74) is -0.149. The molecule has 0 aromatic heterocycles. The molecule has 104 valence electrons. The molecule has 1 aromatic carbocycles. The molecule has 1 amide bonds. The lowest BCUT2D eigenvalue weighted by atomic mass is 10.2. The number of carboxylic acids is 1. The van der Waals surface area contributed by atoms with Gasteiger partial charge in [-0.15, -0.1) is 0 Å². The van der Waals surface area contributed by atoms with Crippen molar-refractivity contribution in [1.82, 2.24) is 0 Å². The molecule has 0 aliphatic heterocycles. The van der Waals surface area contributed by atoms with Gasteiger partial charge in [0.25, 0.3) is 0 Å². The third-order valence-corrected chi connectivity index (χ3v) is 2.62. The molecule has 0 bridgehead atoms. The zero-order valence-corrected chi connectivity index (χ0v) is 12.6. The van der Waals surface area contributed by atoms with Crippen molar-refractivity contribution < 1.29 is 19.4 Å². The van der Waals surface area contributed by atoms with Crippen molar-refractivity contribution in [3.8, 4) is 0 Å². The van der Waals surface area contributed by atoms with E-state index in [-0.39, 0.29) is 23.8 Å². The Morgan fingerprint density at radius 3 is 2.53 bits per heavy atom. The van der Waals surface area contributed by atoms with Crippen molar-refractivity contribution in [2.75, 3.05) is 11.9 Å². The van der Waals surface area contributed by atoms with Crippen LogP contribution in [0.1, 0.15) is 31.1 Å². The summed E-state index contributed by atoms with van der Waals surface area (Å²) in [6.45, 7) is 5.38. The maximum absolute atomic E-state index is 11.7. The number of benzene rings is 1. The number of hydrogen-bond acceptors (Lipinski definition) is 3. The number of hydrogen-bond donors (Lipinski definition) is 2. The van der Waals surface area contributed by atoms with Crippen LogP contribution in [0.15, 0.2) is 22.7 Å². The zero-order chi connectivity index (χ0) is 14.6. The van der Waals surface area contributed by atoms with Crippen molar-refractivity contribution >= 4 is 33.5 Å². The number of halogens is 1. The Balaban J connectivity index is 2.77. The van der Waals surface area contributed by atoms with Crippen LogP contribution in [0.25, 0.3) is 0 Å². The Morgan fingerprint density at radius 2 is 2.00 bits per heavy atom. The standard InChI is InChI=1S/C13H16BrNO4/c1-13(2,3)19-7-11(16)15-10-5-4-8(14)6-9(10)12(17)18/h4-6H,7H2,1-3H3,(H,15,16)(H,17,18). The van der Waals surface area contributed by atoms with Crippen LogP contribution >= 0.6 is 15.9 Å². The van der Waals surface area contributed by atoms with Gasteiger partial charge < -0.3 is 15.2 Å². The smallest absolute Gasteiger partial charge is 0.337 e. The fourth-order valence-electron chi connectivity index (χ4n) is 1.27. The molecule has 1 rings (SSSR count). The highest BCUT2D eigenvalue weighted by Crippen LogP contribution is 2.21.